The lowest BCUT2D eigenvalue weighted by molar-refractivity contribution is -0.119. The van der Waals surface area contributed by atoms with E-state index in [1.165, 1.54) is 25.1 Å². The molecular weight excluding hydrogens is 436 g/mol. The molecule has 0 saturated heterocycles. The van der Waals surface area contributed by atoms with Crippen LogP contribution in [0.25, 0.3) is 0 Å². The van der Waals surface area contributed by atoms with Crippen molar-refractivity contribution in [3.05, 3.63) is 101 Å². The van der Waals surface area contributed by atoms with Gasteiger partial charge in [-0.15, -0.1) is 0 Å². The number of benzene rings is 3. The van der Waals surface area contributed by atoms with E-state index in [1.54, 1.807) is 24.3 Å². The van der Waals surface area contributed by atoms with Gasteiger partial charge in [0, 0.05) is 5.56 Å². The van der Waals surface area contributed by atoms with E-state index in [0.29, 0.717) is 11.3 Å². The third kappa shape index (κ3) is 4.61. The van der Waals surface area contributed by atoms with Crippen LogP contribution < -0.4 is 5.32 Å². The second-order valence-electron chi connectivity index (χ2n) is 7.67. The number of rotatable bonds is 7. The third-order valence-corrected chi connectivity index (χ3v) is 5.30. The second-order valence-corrected chi connectivity index (χ2v) is 7.67. The number of esters is 1. The number of ether oxygens (including phenoxy) is 1. The van der Waals surface area contributed by atoms with E-state index in [2.05, 4.69) is 5.32 Å². The number of amides is 3. The summed E-state index contributed by atoms with van der Waals surface area (Å²) in [7, 11) is 0. The molecule has 4 rings (SSSR count). The van der Waals surface area contributed by atoms with Crippen LogP contribution in [0.15, 0.2) is 72.8 Å². The number of nitrogens with one attached hydrogen (secondary N) is 1. The summed E-state index contributed by atoms with van der Waals surface area (Å²) in [5.41, 5.74) is 1.80. The Labute approximate surface area is 195 Å². The molecule has 170 valence electrons. The number of nitrogens with zero attached hydrogens (tertiary/aromatic N) is 1. The highest BCUT2D eigenvalue weighted by Crippen LogP contribution is 2.26. The monoisotopic (exact) mass is 456 g/mol. The predicted octanol–water partition coefficient (Wildman–Crippen LogP) is 3.48. The van der Waals surface area contributed by atoms with E-state index in [9.17, 15) is 24.0 Å². The quantitative estimate of drug-likeness (QED) is 0.331. The number of fused-ring (bicyclic) bond motifs is 1. The number of carbonyl (C=O) groups is 5. The van der Waals surface area contributed by atoms with Gasteiger partial charge >= 0.3 is 5.97 Å². The number of para-hydroxylation sites is 1. The molecule has 8 nitrogen and oxygen atoms in total. The van der Waals surface area contributed by atoms with Crippen LogP contribution in [-0.2, 0) is 16.1 Å². The number of imide groups is 1. The summed E-state index contributed by atoms with van der Waals surface area (Å²) in [5.74, 6) is -2.60. The lowest BCUT2D eigenvalue weighted by Gasteiger charge is -2.13. The maximum absolute atomic E-state index is 12.8. The van der Waals surface area contributed by atoms with Crippen molar-refractivity contribution in [1.29, 1.82) is 0 Å². The number of hydrogen-bond donors (Lipinski definition) is 1. The minimum Gasteiger partial charge on any atom is -0.452 e. The maximum atomic E-state index is 12.8. The number of ketones is 1. The zero-order chi connectivity index (χ0) is 24.2. The van der Waals surface area contributed by atoms with Gasteiger partial charge in [0.15, 0.2) is 12.4 Å². The molecule has 0 atom stereocenters. The van der Waals surface area contributed by atoms with Crippen LogP contribution in [0.3, 0.4) is 0 Å². The van der Waals surface area contributed by atoms with Crippen LogP contribution in [0.5, 0.6) is 0 Å². The van der Waals surface area contributed by atoms with Gasteiger partial charge in [0.1, 0.15) is 0 Å². The van der Waals surface area contributed by atoms with Crippen molar-refractivity contribution in [2.24, 2.45) is 0 Å². The molecule has 0 bridgehead atoms. The molecular formula is C26H20N2O6. The molecule has 1 aliphatic rings. The Balaban J connectivity index is 1.41. The summed E-state index contributed by atoms with van der Waals surface area (Å²) in [4.78, 5) is 63.0. The van der Waals surface area contributed by atoms with Gasteiger partial charge in [-0.25, -0.2) is 4.79 Å². The molecule has 0 radical (unpaired) electrons. The minimum atomic E-state index is -0.820. The first kappa shape index (κ1) is 22.6. The molecule has 3 aromatic rings. The normalized spacial score (nSPS) is 12.3. The van der Waals surface area contributed by atoms with Crippen LogP contribution in [-0.4, -0.2) is 41.0 Å². The summed E-state index contributed by atoms with van der Waals surface area (Å²) in [5, 5.41) is 2.54. The van der Waals surface area contributed by atoms with Crippen molar-refractivity contribution in [2.45, 2.75) is 13.5 Å². The van der Waals surface area contributed by atoms with Gasteiger partial charge in [-0.05, 0) is 42.8 Å². The number of carbonyl (C=O) groups excluding carboxylic acids is 5. The topological polar surface area (TPSA) is 110 Å². The van der Waals surface area contributed by atoms with E-state index < -0.39 is 30.3 Å². The van der Waals surface area contributed by atoms with Crippen molar-refractivity contribution in [3.63, 3.8) is 0 Å². The molecule has 0 aromatic heterocycles. The summed E-state index contributed by atoms with van der Waals surface area (Å²) < 4.78 is 5.06. The third-order valence-electron chi connectivity index (χ3n) is 5.30. The SMILES string of the molecule is CC(=O)c1ccccc1NC(=O)COC(=O)c1ccc2c(c1)C(=O)N(Cc1ccccc1)C2=O. The summed E-state index contributed by atoms with van der Waals surface area (Å²) in [6.07, 6.45) is 0. The number of Topliss-reactive ketones (excluding diaryl/α,β-unsaturated/α-hetero) is 1. The molecule has 0 unspecified atom stereocenters. The largest absolute Gasteiger partial charge is 0.452 e. The molecule has 3 amide bonds. The Kier molecular flexibility index (Phi) is 6.31. The first-order valence-electron chi connectivity index (χ1n) is 10.5. The fourth-order valence-electron chi connectivity index (χ4n) is 3.63. The van der Waals surface area contributed by atoms with Crippen molar-refractivity contribution in [1.82, 2.24) is 4.90 Å². The van der Waals surface area contributed by atoms with Gasteiger partial charge in [0.05, 0.1) is 28.9 Å². The van der Waals surface area contributed by atoms with Crippen molar-refractivity contribution in [3.8, 4) is 0 Å². The van der Waals surface area contributed by atoms with Crippen LogP contribution in [0, 0.1) is 0 Å². The van der Waals surface area contributed by atoms with Gasteiger partial charge in [-0.1, -0.05) is 42.5 Å². The van der Waals surface area contributed by atoms with E-state index in [0.717, 1.165) is 10.5 Å². The molecule has 3 aromatic carbocycles. The maximum Gasteiger partial charge on any atom is 0.338 e. The van der Waals surface area contributed by atoms with Crippen LogP contribution in [0.4, 0.5) is 5.69 Å². The van der Waals surface area contributed by atoms with E-state index >= 15 is 0 Å². The minimum absolute atomic E-state index is 0.0402. The van der Waals surface area contributed by atoms with Gasteiger partial charge in [-0.3, -0.25) is 24.1 Å². The highest BCUT2D eigenvalue weighted by molar-refractivity contribution is 6.21. The summed E-state index contributed by atoms with van der Waals surface area (Å²) >= 11 is 0. The highest BCUT2D eigenvalue weighted by atomic mass is 16.5. The summed E-state index contributed by atoms with van der Waals surface area (Å²) in [6, 6.07) is 19.7. The molecule has 0 saturated carbocycles. The van der Waals surface area contributed by atoms with Gasteiger partial charge in [0.25, 0.3) is 17.7 Å². The molecule has 1 N–H and O–H groups in total. The standard InChI is InChI=1S/C26H20N2O6/c1-16(29)19-9-5-6-10-22(19)27-23(30)15-34-26(33)18-11-12-20-21(13-18)25(32)28(24(20)31)14-17-7-3-2-4-8-17/h2-13H,14-15H2,1H3,(H,27,30). The average Bonchev–Trinajstić information content (AvgIpc) is 3.07. The molecule has 1 aliphatic heterocycles. The van der Waals surface area contributed by atoms with Crippen molar-refractivity contribution < 1.29 is 28.7 Å². The lowest BCUT2D eigenvalue weighted by atomic mass is 10.1. The van der Waals surface area contributed by atoms with E-state index in [1.807, 2.05) is 30.3 Å². The lowest BCUT2D eigenvalue weighted by Crippen LogP contribution is -2.29. The Hall–Kier alpha value is -4.59. The Morgan fingerprint density at radius 3 is 2.26 bits per heavy atom. The van der Waals surface area contributed by atoms with E-state index in [4.69, 9.17) is 4.74 Å². The number of anilines is 1. The molecule has 0 aliphatic carbocycles. The van der Waals surface area contributed by atoms with Gasteiger partial charge in [-0.2, -0.15) is 0 Å². The fraction of sp³-hybridized carbons (Fsp3) is 0.115. The zero-order valence-electron chi connectivity index (χ0n) is 18.2. The van der Waals surface area contributed by atoms with Gasteiger partial charge in [0.2, 0.25) is 0 Å². The first-order chi connectivity index (χ1) is 16.3. The fourth-order valence-corrected chi connectivity index (χ4v) is 3.63. The molecule has 34 heavy (non-hydrogen) atoms. The zero-order valence-corrected chi connectivity index (χ0v) is 18.2. The van der Waals surface area contributed by atoms with Crippen molar-refractivity contribution in [2.75, 3.05) is 11.9 Å². The molecule has 8 heteroatoms. The van der Waals surface area contributed by atoms with Gasteiger partial charge < -0.3 is 10.1 Å². The smallest absolute Gasteiger partial charge is 0.338 e. The first-order valence-corrected chi connectivity index (χ1v) is 10.5. The van der Waals surface area contributed by atoms with Crippen LogP contribution in [0.1, 0.15) is 53.9 Å². The molecule has 0 fully saturated rings. The Bertz CT molecular complexity index is 1320. The number of hydrogen-bond acceptors (Lipinski definition) is 6. The predicted molar refractivity (Wildman–Crippen MR) is 122 cm³/mol. The second kappa shape index (κ2) is 9.50. The van der Waals surface area contributed by atoms with Crippen LogP contribution in [0.2, 0.25) is 0 Å². The Morgan fingerprint density at radius 1 is 0.853 bits per heavy atom. The molecule has 0 spiro atoms. The van der Waals surface area contributed by atoms with Crippen molar-refractivity contribution >= 4 is 35.2 Å². The highest BCUT2D eigenvalue weighted by Gasteiger charge is 2.36. The Morgan fingerprint density at radius 2 is 1.53 bits per heavy atom. The van der Waals surface area contributed by atoms with Crippen LogP contribution >= 0.6 is 0 Å². The average molecular weight is 456 g/mol. The van der Waals surface area contributed by atoms with E-state index in [-0.39, 0.29) is 29.0 Å². The molecule has 1 heterocycles. The summed E-state index contributed by atoms with van der Waals surface area (Å²) in [6.45, 7) is 0.913.